The van der Waals surface area contributed by atoms with Gasteiger partial charge in [0.2, 0.25) is 0 Å². The van der Waals surface area contributed by atoms with Gasteiger partial charge in [0.15, 0.2) is 0 Å². The van der Waals surface area contributed by atoms with Crippen LogP contribution in [0.25, 0.3) is 10.4 Å². The minimum absolute atomic E-state index is 0.898. The highest BCUT2D eigenvalue weighted by Crippen LogP contribution is 2.31. The second kappa shape index (κ2) is 6.84. The van der Waals surface area contributed by atoms with Gasteiger partial charge >= 0.3 is 0 Å². The van der Waals surface area contributed by atoms with Crippen molar-refractivity contribution < 1.29 is 4.74 Å². The minimum Gasteiger partial charge on any atom is -0.497 e. The molecule has 0 unspecified atom stereocenters. The van der Waals surface area contributed by atoms with Crippen LogP contribution in [0.5, 0.6) is 5.75 Å². The lowest BCUT2D eigenvalue weighted by Crippen LogP contribution is -1.90. The fraction of sp³-hybridized carbons (Fsp3) is 0.158. The van der Waals surface area contributed by atoms with E-state index in [1.54, 1.807) is 7.11 Å². The van der Waals surface area contributed by atoms with Gasteiger partial charge in [-0.15, -0.1) is 11.3 Å². The van der Waals surface area contributed by atoms with E-state index in [0.29, 0.717) is 0 Å². The van der Waals surface area contributed by atoms with Gasteiger partial charge in [0.1, 0.15) is 5.75 Å². The Labute approximate surface area is 149 Å². The maximum atomic E-state index is 5.22. The van der Waals surface area contributed by atoms with Crippen molar-refractivity contribution in [1.82, 2.24) is 0 Å². The van der Waals surface area contributed by atoms with E-state index in [9.17, 15) is 0 Å². The van der Waals surface area contributed by atoms with Crippen LogP contribution in [0.3, 0.4) is 0 Å². The highest BCUT2D eigenvalue weighted by molar-refractivity contribution is 14.1. The molecule has 1 heterocycles. The van der Waals surface area contributed by atoms with Crippen LogP contribution in [0.1, 0.15) is 16.0 Å². The molecule has 0 aliphatic heterocycles. The molecule has 112 valence electrons. The molecule has 0 atom stereocenters. The normalized spacial score (nSPS) is 10.7. The molecule has 0 saturated heterocycles. The number of hydrogen-bond acceptors (Lipinski definition) is 2. The number of halogens is 1. The summed E-state index contributed by atoms with van der Waals surface area (Å²) < 4.78 is 6.51. The summed E-state index contributed by atoms with van der Waals surface area (Å²) in [5.74, 6) is 0.898. The summed E-state index contributed by atoms with van der Waals surface area (Å²) in [4.78, 5) is 2.71. The van der Waals surface area contributed by atoms with Gasteiger partial charge in [0, 0.05) is 19.7 Å². The van der Waals surface area contributed by atoms with Gasteiger partial charge in [-0.2, -0.15) is 0 Å². The van der Waals surface area contributed by atoms with Gasteiger partial charge in [-0.05, 0) is 94.7 Å². The third kappa shape index (κ3) is 3.52. The van der Waals surface area contributed by atoms with Crippen LogP contribution in [0.4, 0.5) is 0 Å². The van der Waals surface area contributed by atoms with E-state index in [0.717, 1.165) is 12.2 Å². The highest BCUT2D eigenvalue weighted by Gasteiger charge is 2.06. The molecule has 3 aromatic rings. The van der Waals surface area contributed by atoms with Gasteiger partial charge in [-0.25, -0.2) is 0 Å². The zero-order valence-corrected chi connectivity index (χ0v) is 15.6. The number of rotatable bonds is 4. The van der Waals surface area contributed by atoms with Gasteiger partial charge in [-0.1, -0.05) is 6.07 Å². The molecule has 0 aliphatic carbocycles. The molecule has 3 rings (SSSR count). The molecule has 2 aromatic carbocycles. The van der Waals surface area contributed by atoms with Crippen LogP contribution >= 0.6 is 33.9 Å². The first kappa shape index (κ1) is 15.6. The summed E-state index contributed by atoms with van der Waals surface area (Å²) in [6.45, 7) is 2.18. The first-order valence-corrected chi connectivity index (χ1v) is 9.03. The zero-order valence-electron chi connectivity index (χ0n) is 12.6. The SMILES string of the molecule is COc1ccc(-c2ccc(Cc3cc(I)ccc3C)s2)cc1. The first-order chi connectivity index (χ1) is 10.7. The molecule has 1 nitrogen and oxygen atoms in total. The summed E-state index contributed by atoms with van der Waals surface area (Å²) in [5, 5.41) is 0. The Morgan fingerprint density at radius 1 is 1.00 bits per heavy atom. The van der Waals surface area contributed by atoms with Gasteiger partial charge < -0.3 is 4.74 Å². The smallest absolute Gasteiger partial charge is 0.118 e. The van der Waals surface area contributed by atoms with Crippen molar-refractivity contribution in [2.75, 3.05) is 7.11 Å². The summed E-state index contributed by atoms with van der Waals surface area (Å²) >= 11 is 4.24. The fourth-order valence-corrected chi connectivity index (χ4v) is 3.99. The molecular formula is C19H17IOS. The predicted octanol–water partition coefficient (Wildman–Crippen LogP) is 5.93. The molecule has 0 saturated carbocycles. The van der Waals surface area contributed by atoms with Crippen molar-refractivity contribution in [3.05, 3.63) is 74.2 Å². The maximum absolute atomic E-state index is 5.22. The number of benzene rings is 2. The Balaban J connectivity index is 1.82. The van der Waals surface area contributed by atoms with Gasteiger partial charge in [0.25, 0.3) is 0 Å². The summed E-state index contributed by atoms with van der Waals surface area (Å²) in [6.07, 6.45) is 1.00. The van der Waals surface area contributed by atoms with Crippen molar-refractivity contribution in [3.63, 3.8) is 0 Å². The standard InChI is InChI=1S/C19H17IOS/c1-13-3-6-16(20)11-15(13)12-18-9-10-19(22-18)14-4-7-17(21-2)8-5-14/h3-11H,12H2,1-2H3. The quantitative estimate of drug-likeness (QED) is 0.476. The molecule has 0 aliphatic rings. The Hall–Kier alpha value is -1.33. The molecule has 0 fully saturated rings. The van der Waals surface area contributed by atoms with Crippen molar-refractivity contribution in [2.45, 2.75) is 13.3 Å². The molecule has 22 heavy (non-hydrogen) atoms. The van der Waals surface area contributed by atoms with E-state index >= 15 is 0 Å². The fourth-order valence-electron chi connectivity index (χ4n) is 2.40. The number of hydrogen-bond donors (Lipinski definition) is 0. The largest absolute Gasteiger partial charge is 0.497 e. The molecule has 0 spiro atoms. The van der Waals surface area contributed by atoms with Crippen molar-refractivity contribution in [1.29, 1.82) is 0 Å². The van der Waals surface area contributed by atoms with Crippen LogP contribution in [-0.2, 0) is 6.42 Å². The molecule has 0 radical (unpaired) electrons. The Morgan fingerprint density at radius 2 is 1.77 bits per heavy atom. The van der Waals surface area contributed by atoms with Crippen molar-refractivity contribution in [3.8, 4) is 16.2 Å². The Morgan fingerprint density at radius 3 is 2.50 bits per heavy atom. The molecule has 1 aromatic heterocycles. The monoisotopic (exact) mass is 420 g/mol. The second-order valence-corrected chi connectivity index (χ2v) is 7.66. The van der Waals surface area contributed by atoms with Crippen LogP contribution in [0, 0.1) is 10.5 Å². The Kier molecular flexibility index (Phi) is 4.84. The summed E-state index contributed by atoms with van der Waals surface area (Å²) in [5.41, 5.74) is 4.02. The lowest BCUT2D eigenvalue weighted by molar-refractivity contribution is 0.415. The topological polar surface area (TPSA) is 9.23 Å². The lowest BCUT2D eigenvalue weighted by atomic mass is 10.1. The third-order valence-corrected chi connectivity index (χ3v) is 5.52. The van der Waals surface area contributed by atoms with Crippen LogP contribution in [0.15, 0.2) is 54.6 Å². The average Bonchev–Trinajstić information content (AvgIpc) is 2.99. The molecule has 0 bridgehead atoms. The van der Waals surface area contributed by atoms with E-state index < -0.39 is 0 Å². The third-order valence-electron chi connectivity index (χ3n) is 3.71. The molecule has 0 N–H and O–H groups in total. The predicted molar refractivity (Wildman–Crippen MR) is 103 cm³/mol. The number of ether oxygens (including phenoxy) is 1. The highest BCUT2D eigenvalue weighted by atomic mass is 127. The summed E-state index contributed by atoms with van der Waals surface area (Å²) in [6, 6.07) is 19.4. The second-order valence-electron chi connectivity index (χ2n) is 5.24. The number of thiophene rings is 1. The summed E-state index contributed by atoms with van der Waals surface area (Å²) in [7, 11) is 1.70. The van der Waals surface area contributed by atoms with Crippen LogP contribution < -0.4 is 4.74 Å². The number of aryl methyl sites for hydroxylation is 1. The van der Waals surface area contributed by atoms with E-state index in [1.165, 1.54) is 30.0 Å². The first-order valence-electron chi connectivity index (χ1n) is 7.14. The van der Waals surface area contributed by atoms with E-state index in [1.807, 2.05) is 23.5 Å². The van der Waals surface area contributed by atoms with Crippen LogP contribution in [0.2, 0.25) is 0 Å². The van der Waals surface area contributed by atoms with E-state index in [-0.39, 0.29) is 0 Å². The maximum Gasteiger partial charge on any atom is 0.118 e. The molecule has 0 amide bonds. The number of methoxy groups -OCH3 is 1. The Bertz CT molecular complexity index is 774. The van der Waals surface area contributed by atoms with E-state index in [4.69, 9.17) is 4.74 Å². The van der Waals surface area contributed by atoms with Gasteiger partial charge in [0.05, 0.1) is 7.11 Å². The average molecular weight is 420 g/mol. The zero-order chi connectivity index (χ0) is 15.5. The van der Waals surface area contributed by atoms with Crippen molar-refractivity contribution >= 4 is 33.9 Å². The van der Waals surface area contributed by atoms with Crippen molar-refractivity contribution in [2.24, 2.45) is 0 Å². The molecule has 3 heteroatoms. The molecular weight excluding hydrogens is 403 g/mol. The van der Waals surface area contributed by atoms with E-state index in [2.05, 4.69) is 72.0 Å². The minimum atomic E-state index is 0.898. The van der Waals surface area contributed by atoms with Crippen LogP contribution in [-0.4, -0.2) is 7.11 Å². The van der Waals surface area contributed by atoms with Gasteiger partial charge in [-0.3, -0.25) is 0 Å². The lowest BCUT2D eigenvalue weighted by Gasteiger charge is -2.05.